The van der Waals surface area contributed by atoms with Crippen LogP contribution in [0.4, 0.5) is 0 Å². The number of phenolic OH excluding ortho intramolecular Hbond substituents is 1. The Hall–Kier alpha value is -1.87. The fourth-order valence-corrected chi connectivity index (χ4v) is 3.39. The average molecular weight is 327 g/mol. The highest BCUT2D eigenvalue weighted by Gasteiger charge is 2.23. The van der Waals surface area contributed by atoms with Crippen molar-refractivity contribution in [1.82, 2.24) is 4.98 Å². The van der Waals surface area contributed by atoms with Crippen molar-refractivity contribution in [1.29, 1.82) is 0 Å². The van der Waals surface area contributed by atoms with E-state index >= 15 is 0 Å². The van der Waals surface area contributed by atoms with Gasteiger partial charge in [-0.1, -0.05) is 52.8 Å². The monoisotopic (exact) mass is 327 g/mol. The van der Waals surface area contributed by atoms with Crippen LogP contribution in [0.5, 0.6) is 5.75 Å². The number of aliphatic hydroxyl groups excluding tert-OH is 1. The molecule has 0 aliphatic rings. The quantitative estimate of drug-likeness (QED) is 0.801. The summed E-state index contributed by atoms with van der Waals surface area (Å²) in [6.45, 7) is 10.8. The number of pyridine rings is 1. The van der Waals surface area contributed by atoms with E-state index < -0.39 is 0 Å². The third kappa shape index (κ3) is 3.46. The number of nitrogens with zero attached hydrogens (tertiary/aromatic N) is 1. The summed E-state index contributed by atoms with van der Waals surface area (Å²) in [5.74, 6) is 0.854. The number of benzene rings is 1. The number of phenols is 1. The van der Waals surface area contributed by atoms with E-state index in [0.717, 1.165) is 34.5 Å². The van der Waals surface area contributed by atoms with Gasteiger partial charge in [-0.15, -0.1) is 0 Å². The van der Waals surface area contributed by atoms with E-state index in [1.54, 1.807) is 6.07 Å². The Morgan fingerprint density at radius 2 is 1.54 bits per heavy atom. The fourth-order valence-electron chi connectivity index (χ4n) is 3.39. The van der Waals surface area contributed by atoms with Gasteiger partial charge in [0, 0.05) is 23.6 Å². The fraction of sp³-hybridized carbons (Fsp3) is 0.476. The van der Waals surface area contributed by atoms with Crippen molar-refractivity contribution < 1.29 is 10.2 Å². The summed E-state index contributed by atoms with van der Waals surface area (Å²) < 4.78 is 0. The first-order chi connectivity index (χ1) is 11.4. The van der Waals surface area contributed by atoms with Crippen LogP contribution in [-0.4, -0.2) is 21.8 Å². The first kappa shape index (κ1) is 18.5. The molecule has 0 spiro atoms. The van der Waals surface area contributed by atoms with Crippen LogP contribution >= 0.6 is 0 Å². The minimum absolute atomic E-state index is 0.0756. The highest BCUT2D eigenvalue weighted by Crippen LogP contribution is 2.40. The molecule has 2 N–H and O–H groups in total. The smallest absolute Gasteiger partial charge is 0.123 e. The Morgan fingerprint density at radius 3 is 2.04 bits per heavy atom. The van der Waals surface area contributed by atoms with E-state index in [1.807, 2.05) is 18.2 Å². The standard InChI is InChI=1S/C21H29NO2/c1-6-15-19(16-9-7-8-10-18(16)24)17(11-12-23)21(14(4)5)22-20(15)13(2)3/h7-10,13-14,23-24H,6,11-12H2,1-5H3. The summed E-state index contributed by atoms with van der Waals surface area (Å²) in [4.78, 5) is 4.98. The summed E-state index contributed by atoms with van der Waals surface area (Å²) in [6.07, 6.45) is 1.40. The molecule has 24 heavy (non-hydrogen) atoms. The van der Waals surface area contributed by atoms with Gasteiger partial charge in [-0.05, 0) is 47.4 Å². The Labute approximate surface area is 145 Å². The summed E-state index contributed by atoms with van der Waals surface area (Å²) in [5, 5.41) is 20.1. The molecule has 1 aromatic heterocycles. The molecular weight excluding hydrogens is 298 g/mol. The van der Waals surface area contributed by atoms with Gasteiger partial charge in [0.25, 0.3) is 0 Å². The number of rotatable bonds is 6. The van der Waals surface area contributed by atoms with Gasteiger partial charge >= 0.3 is 0 Å². The number of hydrogen-bond acceptors (Lipinski definition) is 3. The zero-order valence-corrected chi connectivity index (χ0v) is 15.4. The molecule has 0 radical (unpaired) electrons. The van der Waals surface area contributed by atoms with Crippen LogP contribution in [0.2, 0.25) is 0 Å². The van der Waals surface area contributed by atoms with Gasteiger partial charge in [-0.2, -0.15) is 0 Å². The van der Waals surface area contributed by atoms with E-state index in [1.165, 1.54) is 5.56 Å². The summed E-state index contributed by atoms with van der Waals surface area (Å²) >= 11 is 0. The molecule has 0 amide bonds. The Balaban J connectivity index is 2.93. The van der Waals surface area contributed by atoms with Gasteiger partial charge in [0.1, 0.15) is 5.75 Å². The predicted molar refractivity (Wildman–Crippen MR) is 99.7 cm³/mol. The summed E-state index contributed by atoms with van der Waals surface area (Å²) in [7, 11) is 0. The molecule has 0 saturated carbocycles. The van der Waals surface area contributed by atoms with Crippen LogP contribution < -0.4 is 0 Å². The molecule has 0 fully saturated rings. The molecular formula is C21H29NO2. The maximum atomic E-state index is 10.5. The number of aliphatic hydroxyl groups is 1. The van der Waals surface area contributed by atoms with Crippen molar-refractivity contribution >= 4 is 0 Å². The summed E-state index contributed by atoms with van der Waals surface area (Å²) in [6, 6.07) is 7.47. The number of para-hydroxylation sites is 1. The van der Waals surface area contributed by atoms with E-state index in [2.05, 4.69) is 34.6 Å². The second-order valence-corrected chi connectivity index (χ2v) is 6.87. The van der Waals surface area contributed by atoms with E-state index in [-0.39, 0.29) is 18.3 Å². The number of aromatic hydroxyl groups is 1. The largest absolute Gasteiger partial charge is 0.507 e. The molecule has 0 atom stereocenters. The van der Waals surface area contributed by atoms with Crippen molar-refractivity contribution in [3.05, 3.63) is 46.8 Å². The minimum atomic E-state index is 0.0756. The molecule has 3 heteroatoms. The van der Waals surface area contributed by atoms with Gasteiger partial charge in [-0.3, -0.25) is 4.98 Å². The molecule has 0 aliphatic heterocycles. The molecule has 0 unspecified atom stereocenters. The second kappa shape index (κ2) is 7.80. The molecule has 3 nitrogen and oxygen atoms in total. The molecule has 2 aromatic rings. The lowest BCUT2D eigenvalue weighted by molar-refractivity contribution is 0.299. The highest BCUT2D eigenvalue weighted by molar-refractivity contribution is 5.77. The normalized spacial score (nSPS) is 11.5. The van der Waals surface area contributed by atoms with Crippen LogP contribution in [0.3, 0.4) is 0 Å². The number of aromatic nitrogens is 1. The molecule has 0 saturated heterocycles. The molecule has 0 bridgehead atoms. The van der Waals surface area contributed by atoms with Crippen LogP contribution in [0.1, 0.15) is 69.0 Å². The van der Waals surface area contributed by atoms with Gasteiger partial charge < -0.3 is 10.2 Å². The number of hydrogen-bond donors (Lipinski definition) is 2. The lowest BCUT2D eigenvalue weighted by Gasteiger charge is -2.24. The highest BCUT2D eigenvalue weighted by atomic mass is 16.3. The van der Waals surface area contributed by atoms with Gasteiger partial charge in [0.2, 0.25) is 0 Å². The second-order valence-electron chi connectivity index (χ2n) is 6.87. The van der Waals surface area contributed by atoms with Gasteiger partial charge in [0.05, 0.1) is 0 Å². The zero-order chi connectivity index (χ0) is 17.9. The van der Waals surface area contributed by atoms with Crippen molar-refractivity contribution in [3.63, 3.8) is 0 Å². The SMILES string of the molecule is CCc1c(C(C)C)nc(C(C)C)c(CCO)c1-c1ccccc1O. The average Bonchev–Trinajstić information content (AvgIpc) is 2.54. The van der Waals surface area contributed by atoms with Crippen LogP contribution in [0.15, 0.2) is 24.3 Å². The Kier molecular flexibility index (Phi) is 6.00. The molecule has 0 aliphatic carbocycles. The third-order valence-electron chi connectivity index (χ3n) is 4.45. The predicted octanol–water partition coefficient (Wildman–Crippen LogP) is 4.80. The Bertz CT molecular complexity index is 705. The van der Waals surface area contributed by atoms with Crippen LogP contribution in [-0.2, 0) is 12.8 Å². The summed E-state index contributed by atoms with van der Waals surface area (Å²) in [5.41, 5.74) is 6.27. The topological polar surface area (TPSA) is 53.4 Å². The zero-order valence-electron chi connectivity index (χ0n) is 15.4. The van der Waals surface area contributed by atoms with Crippen LogP contribution in [0, 0.1) is 0 Å². The van der Waals surface area contributed by atoms with Crippen molar-refractivity contribution in [3.8, 4) is 16.9 Å². The van der Waals surface area contributed by atoms with E-state index in [4.69, 9.17) is 4.98 Å². The lowest BCUT2D eigenvalue weighted by Crippen LogP contribution is -2.13. The first-order valence-electron chi connectivity index (χ1n) is 8.87. The van der Waals surface area contributed by atoms with Crippen molar-refractivity contribution in [2.24, 2.45) is 0 Å². The minimum Gasteiger partial charge on any atom is -0.507 e. The van der Waals surface area contributed by atoms with Crippen LogP contribution in [0.25, 0.3) is 11.1 Å². The van der Waals surface area contributed by atoms with E-state index in [0.29, 0.717) is 12.3 Å². The molecule has 1 aromatic carbocycles. The maximum Gasteiger partial charge on any atom is 0.123 e. The Morgan fingerprint density at radius 1 is 0.958 bits per heavy atom. The lowest BCUT2D eigenvalue weighted by atomic mass is 9.85. The third-order valence-corrected chi connectivity index (χ3v) is 4.45. The van der Waals surface area contributed by atoms with Crippen molar-refractivity contribution in [2.75, 3.05) is 6.61 Å². The maximum absolute atomic E-state index is 10.5. The first-order valence-corrected chi connectivity index (χ1v) is 8.87. The molecule has 130 valence electrons. The van der Waals surface area contributed by atoms with Crippen molar-refractivity contribution in [2.45, 2.75) is 59.3 Å². The molecule has 1 heterocycles. The molecule has 2 rings (SSSR count). The van der Waals surface area contributed by atoms with Gasteiger partial charge in [-0.25, -0.2) is 0 Å². The van der Waals surface area contributed by atoms with Gasteiger partial charge in [0.15, 0.2) is 0 Å². The van der Waals surface area contributed by atoms with E-state index in [9.17, 15) is 10.2 Å².